The summed E-state index contributed by atoms with van der Waals surface area (Å²) >= 11 is 0. The normalized spacial score (nSPS) is 15.4. The molecule has 0 radical (unpaired) electrons. The van der Waals surface area contributed by atoms with Crippen molar-refractivity contribution >= 4 is 0 Å². The molecule has 0 fully saturated rings. The van der Waals surface area contributed by atoms with Gasteiger partial charge in [-0.3, -0.25) is 0 Å². The second-order valence-corrected chi connectivity index (χ2v) is 5.88. The molecule has 1 aliphatic rings. The molecule has 0 aromatic rings. The van der Waals surface area contributed by atoms with Crippen LogP contribution in [0.5, 0.6) is 0 Å². The maximum Gasteiger partial charge on any atom is -0.0129 e. The van der Waals surface area contributed by atoms with Crippen LogP contribution in [0, 0.1) is 5.41 Å². The van der Waals surface area contributed by atoms with Gasteiger partial charge in [0, 0.05) is 0 Å². The van der Waals surface area contributed by atoms with Gasteiger partial charge in [-0.1, -0.05) is 69.9 Å². The molecule has 0 N–H and O–H groups in total. The van der Waals surface area contributed by atoms with Crippen LogP contribution in [0.4, 0.5) is 0 Å². The summed E-state index contributed by atoms with van der Waals surface area (Å²) < 4.78 is 0. The Labute approximate surface area is 126 Å². The Hall–Kier alpha value is -1.56. The maximum absolute atomic E-state index is 4.18. The standard InChI is InChI=1S/C17H24.C3H6/c1-6-7-8-11-14(2)15-12-9-10-13-16(15)17(3,4)5;1-3-2/h6-8,11-13H,2,9-10H2,1,3-5H3;3H,1H2,2H3/b7-6-,11-8-;. The molecular weight excluding hydrogens is 240 g/mol. The van der Waals surface area contributed by atoms with E-state index < -0.39 is 0 Å². The van der Waals surface area contributed by atoms with Crippen LogP contribution in [0.25, 0.3) is 0 Å². The highest BCUT2D eigenvalue weighted by Gasteiger charge is 2.22. The van der Waals surface area contributed by atoms with Crippen molar-refractivity contribution in [2.45, 2.75) is 47.5 Å². The van der Waals surface area contributed by atoms with Crippen LogP contribution in [-0.4, -0.2) is 0 Å². The van der Waals surface area contributed by atoms with Crippen molar-refractivity contribution in [3.8, 4) is 0 Å². The minimum Gasteiger partial charge on any atom is -0.103 e. The van der Waals surface area contributed by atoms with Crippen LogP contribution < -0.4 is 0 Å². The zero-order valence-corrected chi connectivity index (χ0v) is 13.9. The third-order valence-electron chi connectivity index (χ3n) is 2.91. The van der Waals surface area contributed by atoms with Gasteiger partial charge in [-0.25, -0.2) is 0 Å². The van der Waals surface area contributed by atoms with Gasteiger partial charge in [-0.2, -0.15) is 0 Å². The van der Waals surface area contributed by atoms with Crippen molar-refractivity contribution in [3.05, 3.63) is 72.4 Å². The molecule has 0 saturated carbocycles. The highest BCUT2D eigenvalue weighted by atomic mass is 14.3. The monoisotopic (exact) mass is 270 g/mol. The fraction of sp³-hybridized carbons (Fsp3) is 0.400. The fourth-order valence-electron chi connectivity index (χ4n) is 2.06. The Morgan fingerprint density at radius 2 is 1.65 bits per heavy atom. The molecule has 0 aliphatic heterocycles. The number of allylic oxidation sites excluding steroid dienone is 10. The predicted octanol–water partition coefficient (Wildman–Crippen LogP) is 6.56. The zero-order valence-electron chi connectivity index (χ0n) is 13.9. The van der Waals surface area contributed by atoms with Gasteiger partial charge in [0.15, 0.2) is 0 Å². The Morgan fingerprint density at radius 1 is 1.10 bits per heavy atom. The van der Waals surface area contributed by atoms with Crippen LogP contribution >= 0.6 is 0 Å². The van der Waals surface area contributed by atoms with Gasteiger partial charge in [-0.15, -0.1) is 6.58 Å². The van der Waals surface area contributed by atoms with Gasteiger partial charge in [-0.05, 0) is 48.8 Å². The van der Waals surface area contributed by atoms with Crippen LogP contribution in [-0.2, 0) is 0 Å². The summed E-state index contributed by atoms with van der Waals surface area (Å²) in [5.41, 5.74) is 4.07. The molecule has 0 amide bonds. The molecule has 20 heavy (non-hydrogen) atoms. The van der Waals surface area contributed by atoms with E-state index in [-0.39, 0.29) is 5.41 Å². The van der Waals surface area contributed by atoms with E-state index in [2.05, 4.69) is 58.2 Å². The molecule has 1 aliphatic carbocycles. The first-order chi connectivity index (χ1) is 9.38. The molecule has 0 heteroatoms. The minimum atomic E-state index is 0.198. The lowest BCUT2D eigenvalue weighted by atomic mass is 9.77. The lowest BCUT2D eigenvalue weighted by Crippen LogP contribution is -2.14. The van der Waals surface area contributed by atoms with Gasteiger partial charge in [0.05, 0.1) is 0 Å². The molecule has 110 valence electrons. The second-order valence-electron chi connectivity index (χ2n) is 5.88. The second kappa shape index (κ2) is 9.36. The van der Waals surface area contributed by atoms with Crippen LogP contribution in [0.3, 0.4) is 0 Å². The third-order valence-corrected chi connectivity index (χ3v) is 2.91. The lowest BCUT2D eigenvalue weighted by Gasteiger charge is -2.28. The highest BCUT2D eigenvalue weighted by Crippen LogP contribution is 2.37. The highest BCUT2D eigenvalue weighted by molar-refractivity contribution is 5.53. The largest absolute Gasteiger partial charge is 0.103 e. The summed E-state index contributed by atoms with van der Waals surface area (Å²) in [7, 11) is 0. The van der Waals surface area contributed by atoms with Crippen LogP contribution in [0.1, 0.15) is 47.5 Å². The van der Waals surface area contributed by atoms with Gasteiger partial charge in [0.1, 0.15) is 0 Å². The van der Waals surface area contributed by atoms with Crippen LogP contribution in [0.2, 0.25) is 0 Å². The first-order valence-electron chi connectivity index (χ1n) is 7.35. The molecule has 0 atom stereocenters. The fourth-order valence-corrected chi connectivity index (χ4v) is 2.06. The summed E-state index contributed by atoms with van der Waals surface area (Å²) in [4.78, 5) is 0. The Bertz CT molecular complexity index is 431. The quantitative estimate of drug-likeness (QED) is 0.402. The van der Waals surface area contributed by atoms with E-state index in [1.165, 1.54) is 11.1 Å². The summed E-state index contributed by atoms with van der Waals surface area (Å²) in [6.07, 6.45) is 16.9. The van der Waals surface area contributed by atoms with E-state index in [4.69, 9.17) is 0 Å². The van der Waals surface area contributed by atoms with Crippen molar-refractivity contribution in [3.63, 3.8) is 0 Å². The molecular formula is C20H30. The van der Waals surface area contributed by atoms with E-state index in [1.54, 1.807) is 6.08 Å². The summed E-state index contributed by atoms with van der Waals surface area (Å²) in [5.74, 6) is 0. The molecule has 0 unspecified atom stereocenters. The van der Waals surface area contributed by atoms with Crippen molar-refractivity contribution in [2.75, 3.05) is 0 Å². The zero-order chi connectivity index (χ0) is 15.6. The van der Waals surface area contributed by atoms with Crippen molar-refractivity contribution in [1.82, 2.24) is 0 Å². The first-order valence-corrected chi connectivity index (χ1v) is 7.35. The number of hydrogen-bond donors (Lipinski definition) is 0. The van der Waals surface area contributed by atoms with Crippen molar-refractivity contribution < 1.29 is 0 Å². The van der Waals surface area contributed by atoms with E-state index in [1.807, 2.05) is 26.0 Å². The average Bonchev–Trinajstić information content (AvgIpc) is 2.39. The van der Waals surface area contributed by atoms with E-state index in [0.29, 0.717) is 0 Å². The molecule has 0 aromatic carbocycles. The molecule has 0 bridgehead atoms. The molecule has 0 aromatic heterocycles. The Kier molecular flexibility index (Phi) is 8.63. The van der Waals surface area contributed by atoms with Gasteiger partial charge in [0.25, 0.3) is 0 Å². The molecule has 0 nitrogen and oxygen atoms in total. The molecule has 0 heterocycles. The van der Waals surface area contributed by atoms with E-state index in [9.17, 15) is 0 Å². The summed E-state index contributed by atoms with van der Waals surface area (Å²) in [6, 6.07) is 0. The summed E-state index contributed by atoms with van der Waals surface area (Å²) in [6.45, 7) is 18.2. The van der Waals surface area contributed by atoms with E-state index in [0.717, 1.165) is 18.4 Å². The van der Waals surface area contributed by atoms with Crippen LogP contribution in [0.15, 0.2) is 72.4 Å². The third kappa shape index (κ3) is 6.56. The smallest absolute Gasteiger partial charge is 0.0129 e. The molecule has 1 rings (SSSR count). The first kappa shape index (κ1) is 18.4. The Balaban J connectivity index is 0.00000110. The van der Waals surface area contributed by atoms with Gasteiger partial charge in [0.2, 0.25) is 0 Å². The predicted molar refractivity (Wildman–Crippen MR) is 93.8 cm³/mol. The minimum absolute atomic E-state index is 0.198. The topological polar surface area (TPSA) is 0 Å². The van der Waals surface area contributed by atoms with Crippen molar-refractivity contribution in [2.24, 2.45) is 5.41 Å². The van der Waals surface area contributed by atoms with E-state index >= 15 is 0 Å². The van der Waals surface area contributed by atoms with Gasteiger partial charge >= 0.3 is 0 Å². The SMILES string of the molecule is C=C(/C=C\C=C/C)C1=CCCC=C1C(C)(C)C.C=CC. The number of hydrogen-bond acceptors (Lipinski definition) is 0. The van der Waals surface area contributed by atoms with Gasteiger partial charge < -0.3 is 0 Å². The lowest BCUT2D eigenvalue weighted by molar-refractivity contribution is 0.506. The average molecular weight is 270 g/mol. The Morgan fingerprint density at radius 3 is 2.15 bits per heavy atom. The number of rotatable bonds is 3. The molecule has 0 spiro atoms. The van der Waals surface area contributed by atoms with Crippen molar-refractivity contribution in [1.29, 1.82) is 0 Å². The molecule has 0 saturated heterocycles. The summed E-state index contributed by atoms with van der Waals surface area (Å²) in [5, 5.41) is 0. The maximum atomic E-state index is 4.18.